The SMILES string of the molecule is CCCNS(=O)(=O)c1cc(C(=O)O)c(Cl)cc1Cl. The molecule has 0 bridgehead atoms. The van der Waals surface area contributed by atoms with Gasteiger partial charge in [-0.25, -0.2) is 17.9 Å². The van der Waals surface area contributed by atoms with Gasteiger partial charge in [-0.3, -0.25) is 0 Å². The molecule has 1 rings (SSSR count). The molecule has 0 saturated carbocycles. The zero-order valence-corrected chi connectivity index (χ0v) is 11.7. The number of carbonyl (C=O) groups is 1. The summed E-state index contributed by atoms with van der Waals surface area (Å²) in [5, 5.41) is 8.65. The van der Waals surface area contributed by atoms with Crippen molar-refractivity contribution in [2.45, 2.75) is 18.2 Å². The molecule has 0 heterocycles. The van der Waals surface area contributed by atoms with Crippen LogP contribution in [0.1, 0.15) is 23.7 Å². The van der Waals surface area contributed by atoms with E-state index in [1.165, 1.54) is 0 Å². The number of hydrogen-bond donors (Lipinski definition) is 2. The summed E-state index contributed by atoms with van der Waals surface area (Å²) in [6.45, 7) is 2.04. The highest BCUT2D eigenvalue weighted by molar-refractivity contribution is 7.89. The van der Waals surface area contributed by atoms with Gasteiger partial charge < -0.3 is 5.11 Å². The molecule has 0 amide bonds. The average Bonchev–Trinajstić information content (AvgIpc) is 2.25. The molecule has 100 valence electrons. The topological polar surface area (TPSA) is 83.5 Å². The number of aromatic carboxylic acids is 1. The monoisotopic (exact) mass is 311 g/mol. The molecule has 18 heavy (non-hydrogen) atoms. The van der Waals surface area contributed by atoms with Gasteiger partial charge in [0.2, 0.25) is 10.0 Å². The van der Waals surface area contributed by atoms with Crippen molar-refractivity contribution in [3.05, 3.63) is 27.7 Å². The van der Waals surface area contributed by atoms with E-state index in [4.69, 9.17) is 28.3 Å². The highest BCUT2D eigenvalue weighted by Gasteiger charge is 2.21. The first kappa shape index (κ1) is 15.2. The lowest BCUT2D eigenvalue weighted by Crippen LogP contribution is -2.25. The van der Waals surface area contributed by atoms with Crippen LogP contribution in [-0.2, 0) is 10.0 Å². The van der Waals surface area contributed by atoms with E-state index in [-0.39, 0.29) is 27.0 Å². The third-order valence-electron chi connectivity index (χ3n) is 2.08. The molecular weight excluding hydrogens is 301 g/mol. The summed E-state index contributed by atoms with van der Waals surface area (Å²) in [6.07, 6.45) is 0.607. The summed E-state index contributed by atoms with van der Waals surface area (Å²) in [6, 6.07) is 2.05. The largest absolute Gasteiger partial charge is 0.478 e. The number of rotatable bonds is 5. The highest BCUT2D eigenvalue weighted by Crippen LogP contribution is 2.28. The molecule has 0 spiro atoms. The number of sulfonamides is 1. The Morgan fingerprint density at radius 1 is 1.33 bits per heavy atom. The third kappa shape index (κ3) is 3.35. The van der Waals surface area contributed by atoms with E-state index in [9.17, 15) is 13.2 Å². The van der Waals surface area contributed by atoms with Gasteiger partial charge in [-0.2, -0.15) is 0 Å². The molecule has 2 N–H and O–H groups in total. The van der Waals surface area contributed by atoms with Crippen LogP contribution in [0.15, 0.2) is 17.0 Å². The smallest absolute Gasteiger partial charge is 0.337 e. The molecule has 8 heteroatoms. The maximum Gasteiger partial charge on any atom is 0.337 e. The summed E-state index contributed by atoms with van der Waals surface area (Å²) in [5.74, 6) is -1.32. The Bertz CT molecular complexity index is 571. The Kier molecular flexibility index (Phi) is 4.98. The molecule has 0 aliphatic heterocycles. The van der Waals surface area contributed by atoms with E-state index >= 15 is 0 Å². The molecule has 0 radical (unpaired) electrons. The van der Waals surface area contributed by atoms with Crippen molar-refractivity contribution >= 4 is 39.2 Å². The van der Waals surface area contributed by atoms with Gasteiger partial charge >= 0.3 is 5.97 Å². The first-order chi connectivity index (χ1) is 8.29. The number of hydrogen-bond acceptors (Lipinski definition) is 3. The van der Waals surface area contributed by atoms with Crippen LogP contribution < -0.4 is 4.72 Å². The minimum absolute atomic E-state index is 0.109. The zero-order chi connectivity index (χ0) is 13.9. The van der Waals surface area contributed by atoms with Gasteiger partial charge in [0.1, 0.15) is 4.90 Å². The first-order valence-electron chi connectivity index (χ1n) is 5.01. The zero-order valence-electron chi connectivity index (χ0n) is 9.41. The fourth-order valence-corrected chi connectivity index (χ4v) is 3.20. The fourth-order valence-electron chi connectivity index (χ4n) is 1.21. The van der Waals surface area contributed by atoms with Gasteiger partial charge in [0.05, 0.1) is 15.6 Å². The number of nitrogens with one attached hydrogen (secondary N) is 1. The van der Waals surface area contributed by atoms with Crippen molar-refractivity contribution < 1.29 is 18.3 Å². The molecule has 0 saturated heterocycles. The van der Waals surface area contributed by atoms with Gasteiger partial charge in [0, 0.05) is 6.54 Å². The summed E-state index contributed by atoms with van der Waals surface area (Å²) >= 11 is 11.4. The minimum Gasteiger partial charge on any atom is -0.478 e. The quantitative estimate of drug-likeness (QED) is 0.874. The van der Waals surface area contributed by atoms with Crippen molar-refractivity contribution in [1.29, 1.82) is 0 Å². The summed E-state index contributed by atoms with van der Waals surface area (Å²) < 4.78 is 26.0. The van der Waals surface area contributed by atoms with Gasteiger partial charge in [0.15, 0.2) is 0 Å². The van der Waals surface area contributed by atoms with E-state index in [2.05, 4.69) is 4.72 Å². The van der Waals surface area contributed by atoms with E-state index in [1.54, 1.807) is 6.92 Å². The highest BCUT2D eigenvalue weighted by atomic mass is 35.5. The molecule has 0 atom stereocenters. The van der Waals surface area contributed by atoms with E-state index in [0.717, 1.165) is 12.1 Å². The Morgan fingerprint density at radius 2 is 1.94 bits per heavy atom. The number of halogens is 2. The third-order valence-corrected chi connectivity index (χ3v) is 4.32. The Hall–Kier alpha value is -0.820. The Labute approximate surface area is 115 Å². The fraction of sp³-hybridized carbons (Fsp3) is 0.300. The number of benzene rings is 1. The van der Waals surface area contributed by atoms with Crippen LogP contribution in [0.2, 0.25) is 10.0 Å². The molecule has 1 aromatic carbocycles. The second-order valence-corrected chi connectivity index (χ2v) is 6.02. The standard InChI is InChI=1S/C10H11Cl2NO4S/c1-2-3-13-18(16,17)9-4-6(10(14)15)7(11)5-8(9)12/h4-5,13H,2-3H2,1H3,(H,14,15). The normalized spacial score (nSPS) is 11.5. The van der Waals surface area contributed by atoms with Crippen LogP contribution in [0.4, 0.5) is 0 Å². The van der Waals surface area contributed by atoms with Crippen LogP contribution in [0.25, 0.3) is 0 Å². The van der Waals surface area contributed by atoms with E-state index in [1.807, 2.05) is 0 Å². The van der Waals surface area contributed by atoms with Crippen molar-refractivity contribution in [2.75, 3.05) is 6.54 Å². The second-order valence-electron chi connectivity index (χ2n) is 3.47. The van der Waals surface area contributed by atoms with E-state index < -0.39 is 16.0 Å². The van der Waals surface area contributed by atoms with Gasteiger partial charge in [-0.05, 0) is 18.6 Å². The molecule has 0 fully saturated rings. The van der Waals surface area contributed by atoms with Crippen molar-refractivity contribution in [1.82, 2.24) is 4.72 Å². The van der Waals surface area contributed by atoms with Crippen LogP contribution in [-0.4, -0.2) is 26.0 Å². The van der Waals surface area contributed by atoms with Crippen LogP contribution >= 0.6 is 23.2 Å². The molecule has 5 nitrogen and oxygen atoms in total. The molecule has 0 aliphatic carbocycles. The maximum atomic E-state index is 11.9. The van der Waals surface area contributed by atoms with Crippen LogP contribution in [0, 0.1) is 0 Å². The van der Waals surface area contributed by atoms with Gasteiger partial charge in [-0.1, -0.05) is 30.1 Å². The van der Waals surface area contributed by atoms with Crippen molar-refractivity contribution in [3.63, 3.8) is 0 Å². The molecular formula is C10H11Cl2NO4S. The van der Waals surface area contributed by atoms with Crippen LogP contribution in [0.3, 0.4) is 0 Å². The number of carboxylic acids is 1. The second kappa shape index (κ2) is 5.88. The van der Waals surface area contributed by atoms with Gasteiger partial charge in [0.25, 0.3) is 0 Å². The Balaban J connectivity index is 3.33. The average molecular weight is 312 g/mol. The van der Waals surface area contributed by atoms with Crippen LogP contribution in [0.5, 0.6) is 0 Å². The lowest BCUT2D eigenvalue weighted by molar-refractivity contribution is 0.0697. The predicted molar refractivity (Wildman–Crippen MR) is 68.9 cm³/mol. The van der Waals surface area contributed by atoms with Crippen molar-refractivity contribution in [3.8, 4) is 0 Å². The molecule has 0 aromatic heterocycles. The molecule has 0 unspecified atom stereocenters. The lowest BCUT2D eigenvalue weighted by Gasteiger charge is -2.09. The van der Waals surface area contributed by atoms with Crippen molar-refractivity contribution in [2.24, 2.45) is 0 Å². The molecule has 0 aliphatic rings. The van der Waals surface area contributed by atoms with Gasteiger partial charge in [-0.15, -0.1) is 0 Å². The summed E-state index contributed by atoms with van der Waals surface area (Å²) in [4.78, 5) is 10.6. The lowest BCUT2D eigenvalue weighted by atomic mass is 10.2. The Morgan fingerprint density at radius 3 is 2.44 bits per heavy atom. The predicted octanol–water partition coefficient (Wildman–Crippen LogP) is 2.38. The maximum absolute atomic E-state index is 11.9. The molecule has 1 aromatic rings. The summed E-state index contributed by atoms with van der Waals surface area (Å²) in [5.41, 5.74) is -0.307. The summed E-state index contributed by atoms with van der Waals surface area (Å²) in [7, 11) is -3.83. The minimum atomic E-state index is -3.83. The first-order valence-corrected chi connectivity index (χ1v) is 7.25. The van der Waals surface area contributed by atoms with E-state index in [0.29, 0.717) is 6.42 Å². The number of carboxylic acid groups (broad SMARTS) is 1.